The molecular weight excluding hydrogens is 315 g/mol. The van der Waals surface area contributed by atoms with E-state index in [0.29, 0.717) is 18.7 Å². The molecule has 0 aromatic heterocycles. The van der Waals surface area contributed by atoms with Crippen molar-refractivity contribution in [3.8, 4) is 0 Å². The van der Waals surface area contributed by atoms with Gasteiger partial charge in [0.15, 0.2) is 0 Å². The lowest BCUT2D eigenvalue weighted by Crippen LogP contribution is -2.52. The second kappa shape index (κ2) is 7.86. The van der Waals surface area contributed by atoms with Gasteiger partial charge >= 0.3 is 0 Å². The van der Waals surface area contributed by atoms with Crippen molar-refractivity contribution in [3.05, 3.63) is 34.9 Å². The minimum atomic E-state index is -0.928. The van der Waals surface area contributed by atoms with Crippen molar-refractivity contribution in [1.82, 2.24) is 10.6 Å². The number of alkyl halides is 1. The van der Waals surface area contributed by atoms with Gasteiger partial charge in [-0.2, -0.15) is 0 Å². The Morgan fingerprint density at radius 1 is 1.28 bits per heavy atom. The van der Waals surface area contributed by atoms with Gasteiger partial charge in [0.2, 0.25) is 0 Å². The largest absolute Gasteiger partial charge is 0.351 e. The summed E-state index contributed by atoms with van der Waals surface area (Å²) in [5.41, 5.74) is 2.49. The molecule has 3 nitrogen and oxygen atoms in total. The molecule has 1 fully saturated rings. The Hall–Kier alpha value is -1.42. The molecule has 2 N–H and O–H groups in total. The molecular formula is C21H33FN2O. The molecule has 1 aromatic rings. The second-order valence-electron chi connectivity index (χ2n) is 8.90. The van der Waals surface area contributed by atoms with Crippen molar-refractivity contribution < 1.29 is 9.18 Å². The Morgan fingerprint density at radius 3 is 2.48 bits per heavy atom. The highest BCUT2D eigenvalue weighted by atomic mass is 19.1. The number of halogens is 1. The van der Waals surface area contributed by atoms with Gasteiger partial charge in [-0.05, 0) is 57.2 Å². The molecule has 25 heavy (non-hydrogen) atoms. The Morgan fingerprint density at radius 2 is 1.92 bits per heavy atom. The normalized spacial score (nSPS) is 24.2. The fourth-order valence-electron chi connectivity index (χ4n) is 3.60. The molecule has 1 aliphatic rings. The minimum absolute atomic E-state index is 0.104. The van der Waals surface area contributed by atoms with Crippen LogP contribution in [0.2, 0.25) is 0 Å². The lowest BCUT2D eigenvalue weighted by atomic mass is 9.70. The first kappa shape index (κ1) is 19.9. The summed E-state index contributed by atoms with van der Waals surface area (Å²) in [6, 6.07) is 5.82. The van der Waals surface area contributed by atoms with Crippen LogP contribution in [0.1, 0.15) is 61.5 Å². The quantitative estimate of drug-likeness (QED) is 0.838. The van der Waals surface area contributed by atoms with Crippen LogP contribution in [-0.2, 0) is 0 Å². The third-order valence-corrected chi connectivity index (χ3v) is 5.25. The molecule has 0 saturated carbocycles. The summed E-state index contributed by atoms with van der Waals surface area (Å²) in [6.45, 7) is 12.1. The first-order valence-corrected chi connectivity index (χ1v) is 9.33. The Labute approximate surface area is 151 Å². The third kappa shape index (κ3) is 5.53. The summed E-state index contributed by atoms with van der Waals surface area (Å²) in [6.07, 6.45) is 1.58. The Bertz CT molecular complexity index is 588. The van der Waals surface area contributed by atoms with Crippen molar-refractivity contribution in [3.63, 3.8) is 0 Å². The van der Waals surface area contributed by atoms with Crippen LogP contribution in [0.25, 0.3) is 0 Å². The Kier molecular flexibility index (Phi) is 6.26. The van der Waals surface area contributed by atoms with Crippen LogP contribution in [0.3, 0.4) is 0 Å². The highest BCUT2D eigenvalue weighted by molar-refractivity contribution is 5.94. The maximum Gasteiger partial charge on any atom is 0.251 e. The van der Waals surface area contributed by atoms with E-state index < -0.39 is 11.6 Å². The molecule has 1 aliphatic heterocycles. The van der Waals surface area contributed by atoms with Crippen LogP contribution in [0.5, 0.6) is 0 Å². The number of aryl methyl sites for hydroxylation is 2. The zero-order chi connectivity index (χ0) is 18.7. The monoisotopic (exact) mass is 348 g/mol. The van der Waals surface area contributed by atoms with Crippen LogP contribution in [-0.4, -0.2) is 31.7 Å². The topological polar surface area (TPSA) is 41.1 Å². The fraction of sp³-hybridized carbons (Fsp3) is 0.667. The number of piperidine rings is 1. The van der Waals surface area contributed by atoms with Crippen molar-refractivity contribution >= 4 is 5.91 Å². The molecule has 2 rings (SSSR count). The summed E-state index contributed by atoms with van der Waals surface area (Å²) in [4.78, 5) is 12.6. The Balaban J connectivity index is 2.09. The minimum Gasteiger partial charge on any atom is -0.351 e. The molecule has 0 bridgehead atoms. The van der Waals surface area contributed by atoms with Gasteiger partial charge in [-0.25, -0.2) is 4.39 Å². The SMILES string of the molecule is Cc1cc(C)cc(C(=O)NC[C@@]2(CCC(C)(C)C)CCNC[C@H]2F)c1. The summed E-state index contributed by atoms with van der Waals surface area (Å²) < 4.78 is 14.8. The van der Waals surface area contributed by atoms with E-state index in [0.717, 1.165) is 36.9 Å². The van der Waals surface area contributed by atoms with Gasteiger partial charge in [0.25, 0.3) is 5.91 Å². The predicted molar refractivity (Wildman–Crippen MR) is 102 cm³/mol. The first-order valence-electron chi connectivity index (χ1n) is 9.33. The summed E-state index contributed by atoms with van der Waals surface area (Å²) in [7, 11) is 0. The van der Waals surface area contributed by atoms with Gasteiger partial charge in [0.05, 0.1) is 0 Å². The van der Waals surface area contributed by atoms with Gasteiger partial charge in [-0.3, -0.25) is 4.79 Å². The van der Waals surface area contributed by atoms with Crippen LogP contribution in [0, 0.1) is 24.7 Å². The van der Waals surface area contributed by atoms with Crippen LogP contribution < -0.4 is 10.6 Å². The molecule has 4 heteroatoms. The zero-order valence-corrected chi connectivity index (χ0v) is 16.3. The summed E-state index contributed by atoms with van der Waals surface area (Å²) in [5, 5.41) is 6.16. The van der Waals surface area contributed by atoms with E-state index in [1.54, 1.807) is 0 Å². The van der Waals surface area contributed by atoms with Gasteiger partial charge < -0.3 is 10.6 Å². The summed E-state index contributed by atoms with van der Waals surface area (Å²) >= 11 is 0. The average molecular weight is 349 g/mol. The molecule has 0 spiro atoms. The number of rotatable bonds is 5. The smallest absolute Gasteiger partial charge is 0.251 e. The van der Waals surface area contributed by atoms with E-state index >= 15 is 0 Å². The van der Waals surface area contributed by atoms with Crippen molar-refractivity contribution in [2.24, 2.45) is 10.8 Å². The van der Waals surface area contributed by atoms with Crippen molar-refractivity contribution in [1.29, 1.82) is 0 Å². The molecule has 1 saturated heterocycles. The van der Waals surface area contributed by atoms with Crippen LogP contribution in [0.4, 0.5) is 4.39 Å². The van der Waals surface area contributed by atoms with Gasteiger partial charge in [-0.15, -0.1) is 0 Å². The van der Waals surface area contributed by atoms with E-state index in [1.807, 2.05) is 32.0 Å². The molecule has 0 radical (unpaired) electrons. The molecule has 0 aliphatic carbocycles. The third-order valence-electron chi connectivity index (χ3n) is 5.25. The van der Waals surface area contributed by atoms with E-state index in [-0.39, 0.29) is 11.3 Å². The lowest BCUT2D eigenvalue weighted by molar-refractivity contribution is 0.0447. The van der Waals surface area contributed by atoms with Gasteiger partial charge in [0.1, 0.15) is 6.17 Å². The van der Waals surface area contributed by atoms with Crippen molar-refractivity contribution in [2.45, 2.75) is 60.1 Å². The number of nitrogens with one attached hydrogen (secondary N) is 2. The van der Waals surface area contributed by atoms with Crippen LogP contribution in [0.15, 0.2) is 18.2 Å². The van der Waals surface area contributed by atoms with E-state index in [2.05, 4.69) is 31.4 Å². The zero-order valence-electron chi connectivity index (χ0n) is 16.3. The number of carbonyl (C=O) groups excluding carboxylic acids is 1. The summed E-state index contributed by atoms with van der Waals surface area (Å²) in [5.74, 6) is -0.104. The molecule has 1 heterocycles. The molecule has 2 atom stereocenters. The fourth-order valence-corrected chi connectivity index (χ4v) is 3.60. The molecule has 1 amide bonds. The standard InChI is InChI=1S/C21H33FN2O/c1-15-10-16(2)12-17(11-15)19(25)24-14-21(7-6-20(3,4)5)8-9-23-13-18(21)22/h10-12,18,23H,6-9,13-14H2,1-5H3,(H,24,25)/t18-,21-/m1/s1. The van der Waals surface area contributed by atoms with Gasteiger partial charge in [-0.1, -0.05) is 38.0 Å². The number of hydrogen-bond acceptors (Lipinski definition) is 2. The highest BCUT2D eigenvalue weighted by Gasteiger charge is 2.41. The second-order valence-corrected chi connectivity index (χ2v) is 8.90. The molecule has 140 valence electrons. The van der Waals surface area contributed by atoms with E-state index in [1.165, 1.54) is 0 Å². The molecule has 1 aromatic carbocycles. The number of hydrogen-bond donors (Lipinski definition) is 2. The van der Waals surface area contributed by atoms with E-state index in [9.17, 15) is 9.18 Å². The predicted octanol–water partition coefficient (Wildman–Crippen LogP) is 4.18. The highest BCUT2D eigenvalue weighted by Crippen LogP contribution is 2.39. The lowest BCUT2D eigenvalue weighted by Gasteiger charge is -2.42. The number of carbonyl (C=O) groups is 1. The van der Waals surface area contributed by atoms with Crippen LogP contribution >= 0.6 is 0 Å². The van der Waals surface area contributed by atoms with E-state index in [4.69, 9.17) is 0 Å². The maximum atomic E-state index is 14.8. The van der Waals surface area contributed by atoms with Gasteiger partial charge in [0, 0.05) is 24.1 Å². The maximum absolute atomic E-state index is 14.8. The number of benzene rings is 1. The first-order chi connectivity index (χ1) is 11.6. The average Bonchev–Trinajstić information content (AvgIpc) is 2.51. The van der Waals surface area contributed by atoms with Crippen molar-refractivity contribution in [2.75, 3.05) is 19.6 Å². The number of amides is 1. The molecule has 0 unspecified atom stereocenters.